The van der Waals surface area contributed by atoms with Crippen LogP contribution in [0.3, 0.4) is 0 Å². The fraction of sp³-hybridized carbons (Fsp3) is 0.381. The number of ether oxygens (including phenoxy) is 1. The second-order valence-electron chi connectivity index (χ2n) is 7.15. The standard InChI is InChI=1S/C21H24BrN3O/c1-15-7-8-17(20(22)10-15)12-25(14-19-6-3-9-26-19)13-18-5-2-4-16-11-23-24-21(16)18/h2,4-5,7-8,10-11,19H,3,6,9,12-14H2,1H3,(H,23,24). The highest BCUT2D eigenvalue weighted by atomic mass is 79.9. The third-order valence-corrected chi connectivity index (χ3v) is 5.78. The molecule has 1 aliphatic heterocycles. The quantitative estimate of drug-likeness (QED) is 0.629. The summed E-state index contributed by atoms with van der Waals surface area (Å²) in [5.74, 6) is 0. The van der Waals surface area contributed by atoms with E-state index in [0.29, 0.717) is 6.10 Å². The molecule has 1 aromatic heterocycles. The van der Waals surface area contributed by atoms with Crippen LogP contribution in [-0.4, -0.2) is 34.4 Å². The van der Waals surface area contributed by atoms with E-state index in [1.807, 2.05) is 6.20 Å². The zero-order chi connectivity index (χ0) is 17.9. The first-order valence-corrected chi connectivity index (χ1v) is 9.98. The Morgan fingerprint density at radius 2 is 2.12 bits per heavy atom. The number of hydrogen-bond donors (Lipinski definition) is 1. The van der Waals surface area contributed by atoms with Crippen molar-refractivity contribution < 1.29 is 4.74 Å². The maximum Gasteiger partial charge on any atom is 0.0703 e. The number of halogens is 1. The average molecular weight is 414 g/mol. The van der Waals surface area contributed by atoms with E-state index in [1.54, 1.807) is 0 Å². The van der Waals surface area contributed by atoms with Gasteiger partial charge in [0, 0.05) is 36.1 Å². The van der Waals surface area contributed by atoms with Crippen LogP contribution in [0.4, 0.5) is 0 Å². The van der Waals surface area contributed by atoms with Crippen LogP contribution < -0.4 is 0 Å². The Hall–Kier alpha value is -1.69. The Morgan fingerprint density at radius 1 is 1.23 bits per heavy atom. The molecular formula is C21H24BrN3O. The monoisotopic (exact) mass is 413 g/mol. The molecule has 1 aliphatic rings. The molecule has 4 nitrogen and oxygen atoms in total. The number of aromatic nitrogens is 2. The molecule has 1 atom stereocenters. The second-order valence-corrected chi connectivity index (χ2v) is 8.01. The van der Waals surface area contributed by atoms with Crippen molar-refractivity contribution in [3.63, 3.8) is 0 Å². The molecule has 0 aliphatic carbocycles. The zero-order valence-corrected chi connectivity index (χ0v) is 16.6. The van der Waals surface area contributed by atoms with Gasteiger partial charge in [-0.25, -0.2) is 0 Å². The van der Waals surface area contributed by atoms with Crippen molar-refractivity contribution in [2.75, 3.05) is 13.2 Å². The predicted octanol–water partition coefficient (Wildman–Crippen LogP) is 4.82. The number of fused-ring (bicyclic) bond motifs is 1. The average Bonchev–Trinajstić information content (AvgIpc) is 3.29. The lowest BCUT2D eigenvalue weighted by atomic mass is 10.1. The third kappa shape index (κ3) is 4.00. The van der Waals surface area contributed by atoms with Crippen molar-refractivity contribution in [1.29, 1.82) is 0 Å². The molecule has 0 saturated carbocycles. The summed E-state index contributed by atoms with van der Waals surface area (Å²) in [6.45, 7) is 5.73. The van der Waals surface area contributed by atoms with Crippen molar-refractivity contribution in [3.05, 3.63) is 63.8 Å². The molecule has 1 N–H and O–H groups in total. The lowest BCUT2D eigenvalue weighted by molar-refractivity contribution is 0.0679. The highest BCUT2D eigenvalue weighted by Crippen LogP contribution is 2.24. The molecule has 3 aromatic rings. The van der Waals surface area contributed by atoms with Crippen molar-refractivity contribution in [3.8, 4) is 0 Å². The summed E-state index contributed by atoms with van der Waals surface area (Å²) in [5, 5.41) is 8.52. The second kappa shape index (κ2) is 7.91. The van der Waals surface area contributed by atoms with E-state index in [2.05, 4.69) is 74.3 Å². The van der Waals surface area contributed by atoms with Crippen LogP contribution in [0, 0.1) is 6.92 Å². The fourth-order valence-electron chi connectivity index (χ4n) is 3.69. The zero-order valence-electron chi connectivity index (χ0n) is 15.0. The van der Waals surface area contributed by atoms with Crippen LogP contribution >= 0.6 is 15.9 Å². The lowest BCUT2D eigenvalue weighted by Gasteiger charge is -2.26. The minimum absolute atomic E-state index is 0.334. The van der Waals surface area contributed by atoms with Gasteiger partial charge in [-0.1, -0.05) is 46.3 Å². The summed E-state index contributed by atoms with van der Waals surface area (Å²) < 4.78 is 7.08. The number of aromatic amines is 1. The summed E-state index contributed by atoms with van der Waals surface area (Å²) >= 11 is 3.73. The van der Waals surface area contributed by atoms with Crippen molar-refractivity contribution in [2.45, 2.75) is 39.0 Å². The number of aryl methyl sites for hydroxylation is 1. The van der Waals surface area contributed by atoms with E-state index < -0.39 is 0 Å². The summed E-state index contributed by atoms with van der Waals surface area (Å²) in [6.07, 6.45) is 4.54. The number of rotatable bonds is 6. The van der Waals surface area contributed by atoms with E-state index in [-0.39, 0.29) is 0 Å². The minimum Gasteiger partial charge on any atom is -0.377 e. The normalized spacial score (nSPS) is 17.4. The lowest BCUT2D eigenvalue weighted by Crippen LogP contribution is -2.31. The third-order valence-electron chi connectivity index (χ3n) is 5.05. The molecule has 0 spiro atoms. The molecule has 4 rings (SSSR count). The minimum atomic E-state index is 0.334. The molecular weight excluding hydrogens is 390 g/mol. The first-order valence-electron chi connectivity index (χ1n) is 9.19. The number of H-pyrrole nitrogens is 1. The largest absolute Gasteiger partial charge is 0.377 e. The number of hydrogen-bond acceptors (Lipinski definition) is 3. The van der Waals surface area contributed by atoms with Crippen molar-refractivity contribution in [2.24, 2.45) is 0 Å². The van der Waals surface area contributed by atoms with Crippen LogP contribution in [-0.2, 0) is 17.8 Å². The Morgan fingerprint density at radius 3 is 2.92 bits per heavy atom. The molecule has 2 heterocycles. The summed E-state index contributed by atoms with van der Waals surface area (Å²) in [6, 6.07) is 13.0. The van der Waals surface area contributed by atoms with Gasteiger partial charge < -0.3 is 4.74 Å². The Kier molecular flexibility index (Phi) is 5.38. The van der Waals surface area contributed by atoms with Crippen LogP contribution in [0.25, 0.3) is 10.9 Å². The Bertz CT molecular complexity index is 886. The number of para-hydroxylation sites is 1. The first-order chi connectivity index (χ1) is 12.7. The van der Waals surface area contributed by atoms with Crippen molar-refractivity contribution in [1.82, 2.24) is 15.1 Å². The van der Waals surface area contributed by atoms with E-state index in [0.717, 1.165) is 43.6 Å². The molecule has 1 fully saturated rings. The van der Waals surface area contributed by atoms with E-state index in [9.17, 15) is 0 Å². The topological polar surface area (TPSA) is 41.2 Å². The number of benzene rings is 2. The molecule has 5 heteroatoms. The molecule has 26 heavy (non-hydrogen) atoms. The van der Waals surface area contributed by atoms with Gasteiger partial charge in [0.05, 0.1) is 17.8 Å². The highest BCUT2D eigenvalue weighted by Gasteiger charge is 2.21. The van der Waals surface area contributed by atoms with Gasteiger partial charge in [-0.3, -0.25) is 10.00 Å². The summed E-state index contributed by atoms with van der Waals surface area (Å²) in [5.41, 5.74) is 4.99. The Labute approximate surface area is 162 Å². The maximum absolute atomic E-state index is 5.91. The summed E-state index contributed by atoms with van der Waals surface area (Å²) in [7, 11) is 0. The van der Waals surface area contributed by atoms with Crippen LogP contribution in [0.1, 0.15) is 29.5 Å². The summed E-state index contributed by atoms with van der Waals surface area (Å²) in [4.78, 5) is 2.49. The van der Waals surface area contributed by atoms with Gasteiger partial charge in [-0.05, 0) is 42.5 Å². The van der Waals surface area contributed by atoms with E-state index in [4.69, 9.17) is 4.74 Å². The predicted molar refractivity (Wildman–Crippen MR) is 108 cm³/mol. The smallest absolute Gasteiger partial charge is 0.0703 e. The number of nitrogens with one attached hydrogen (secondary N) is 1. The molecule has 0 amide bonds. The van der Waals surface area contributed by atoms with E-state index >= 15 is 0 Å². The van der Waals surface area contributed by atoms with Gasteiger partial charge in [0.15, 0.2) is 0 Å². The van der Waals surface area contributed by atoms with Gasteiger partial charge in [-0.2, -0.15) is 5.10 Å². The van der Waals surface area contributed by atoms with E-state index in [1.165, 1.54) is 27.6 Å². The molecule has 0 radical (unpaired) electrons. The van der Waals surface area contributed by atoms with Gasteiger partial charge in [0.2, 0.25) is 0 Å². The first kappa shape index (κ1) is 17.7. The Balaban J connectivity index is 1.58. The van der Waals surface area contributed by atoms with Crippen LogP contribution in [0.5, 0.6) is 0 Å². The van der Waals surface area contributed by atoms with Crippen molar-refractivity contribution >= 4 is 26.8 Å². The SMILES string of the molecule is Cc1ccc(CN(Cc2cccc3cn[nH]c23)CC2CCCO2)c(Br)c1. The molecule has 1 unspecified atom stereocenters. The fourth-order valence-corrected chi connectivity index (χ4v) is 4.30. The molecule has 2 aromatic carbocycles. The maximum atomic E-state index is 5.91. The molecule has 1 saturated heterocycles. The highest BCUT2D eigenvalue weighted by molar-refractivity contribution is 9.10. The van der Waals surface area contributed by atoms with Gasteiger partial charge in [0.1, 0.15) is 0 Å². The molecule has 0 bridgehead atoms. The number of nitrogens with zero attached hydrogens (tertiary/aromatic N) is 2. The molecule has 136 valence electrons. The van der Waals surface area contributed by atoms with Crippen LogP contribution in [0.2, 0.25) is 0 Å². The van der Waals surface area contributed by atoms with Crippen LogP contribution in [0.15, 0.2) is 47.1 Å². The van der Waals surface area contributed by atoms with Gasteiger partial charge in [0.25, 0.3) is 0 Å². The van der Waals surface area contributed by atoms with Gasteiger partial charge in [-0.15, -0.1) is 0 Å². The van der Waals surface area contributed by atoms with Gasteiger partial charge >= 0.3 is 0 Å².